The lowest BCUT2D eigenvalue weighted by Gasteiger charge is -2.18. The Kier molecular flexibility index (Phi) is 11.7. The number of fused-ring (bicyclic) bond motifs is 1. The summed E-state index contributed by atoms with van der Waals surface area (Å²) in [5.74, 6) is 0.836. The standard InChI is InChI=1S/C38H41N3O7S/c1-6-46-38(44)34-30-17-9-24(3)19-33(30)49-37(34)40-36(43)28-13-15-29(16-14-28)48-25(4)35(42)41-39-21-27-12-18-31(32(20-27)45-5)47-22-26-10-7-23(2)8-11-26/h7-8,10-16,18,20-21,24-25H,6,9,17,19,22H2,1-5H3,(H,40,43)(H,41,42)/b39-21-/t24-,25+/m0/s1. The van der Waals surface area contributed by atoms with Crippen LogP contribution in [0.2, 0.25) is 0 Å². The molecule has 4 aromatic rings. The number of rotatable bonds is 13. The number of benzene rings is 3. The zero-order chi connectivity index (χ0) is 34.9. The average Bonchev–Trinajstić information content (AvgIpc) is 3.45. The summed E-state index contributed by atoms with van der Waals surface area (Å²) in [4.78, 5) is 39.8. The number of amides is 2. The molecule has 2 atom stereocenters. The number of ether oxygens (including phenoxy) is 4. The molecule has 49 heavy (non-hydrogen) atoms. The molecule has 2 amide bonds. The Hall–Kier alpha value is -5.16. The molecule has 256 valence electrons. The summed E-state index contributed by atoms with van der Waals surface area (Å²) in [6.45, 7) is 8.25. The highest BCUT2D eigenvalue weighted by Gasteiger charge is 2.29. The van der Waals surface area contributed by atoms with E-state index >= 15 is 0 Å². The Morgan fingerprint density at radius 1 is 1.04 bits per heavy atom. The average molecular weight is 684 g/mol. The van der Waals surface area contributed by atoms with Crippen LogP contribution >= 0.6 is 11.3 Å². The normalized spacial score (nSPS) is 14.4. The minimum atomic E-state index is -0.865. The van der Waals surface area contributed by atoms with Crippen molar-refractivity contribution in [1.82, 2.24) is 5.43 Å². The van der Waals surface area contributed by atoms with Crippen LogP contribution in [0.5, 0.6) is 17.2 Å². The highest BCUT2D eigenvalue weighted by atomic mass is 32.1. The first-order valence-electron chi connectivity index (χ1n) is 16.2. The molecule has 1 aliphatic rings. The van der Waals surface area contributed by atoms with Gasteiger partial charge in [0, 0.05) is 10.4 Å². The fourth-order valence-electron chi connectivity index (χ4n) is 5.37. The number of hydrogen-bond donors (Lipinski definition) is 2. The smallest absolute Gasteiger partial charge is 0.341 e. The number of anilines is 1. The maximum atomic E-state index is 13.2. The summed E-state index contributed by atoms with van der Waals surface area (Å²) in [7, 11) is 1.56. The molecule has 0 aliphatic heterocycles. The summed E-state index contributed by atoms with van der Waals surface area (Å²) in [5, 5.41) is 7.49. The van der Waals surface area contributed by atoms with Crippen LogP contribution in [0.3, 0.4) is 0 Å². The summed E-state index contributed by atoms with van der Waals surface area (Å²) in [6.07, 6.45) is 3.28. The molecule has 5 rings (SSSR count). The molecule has 0 saturated heterocycles. The maximum absolute atomic E-state index is 13.2. The molecule has 1 heterocycles. The monoisotopic (exact) mass is 683 g/mol. The third-order valence-corrected chi connectivity index (χ3v) is 9.28. The van der Waals surface area contributed by atoms with Gasteiger partial charge in [0.25, 0.3) is 11.8 Å². The van der Waals surface area contributed by atoms with Gasteiger partial charge in [-0.25, -0.2) is 10.2 Å². The summed E-state index contributed by atoms with van der Waals surface area (Å²) < 4.78 is 22.5. The van der Waals surface area contributed by atoms with Gasteiger partial charge in [-0.1, -0.05) is 36.8 Å². The van der Waals surface area contributed by atoms with Gasteiger partial charge < -0.3 is 24.3 Å². The van der Waals surface area contributed by atoms with Gasteiger partial charge in [0.2, 0.25) is 0 Å². The third kappa shape index (κ3) is 9.05. The van der Waals surface area contributed by atoms with Crippen LogP contribution < -0.4 is 25.0 Å². The number of nitrogens with one attached hydrogen (secondary N) is 2. The molecule has 0 radical (unpaired) electrons. The second-order valence-corrected chi connectivity index (χ2v) is 13.0. The third-order valence-electron chi connectivity index (χ3n) is 8.11. The van der Waals surface area contributed by atoms with Crippen molar-refractivity contribution < 1.29 is 33.3 Å². The first-order chi connectivity index (χ1) is 23.6. The Morgan fingerprint density at radius 2 is 1.80 bits per heavy atom. The SMILES string of the molecule is CCOC(=O)c1c(NC(=O)c2ccc(O[C@H](C)C(=O)N/N=C\c3ccc(OCc4ccc(C)cc4)c(OC)c3)cc2)sc2c1CC[C@H](C)C2. The van der Waals surface area contributed by atoms with Gasteiger partial charge in [-0.05, 0) is 105 Å². The predicted molar refractivity (Wildman–Crippen MR) is 190 cm³/mol. The molecule has 11 heteroatoms. The van der Waals surface area contributed by atoms with Crippen LogP contribution in [0.1, 0.15) is 75.0 Å². The molecule has 2 N–H and O–H groups in total. The van der Waals surface area contributed by atoms with Gasteiger partial charge in [0.1, 0.15) is 17.4 Å². The fraction of sp³-hybridized carbons (Fsp3) is 0.316. The lowest BCUT2D eigenvalue weighted by atomic mass is 9.88. The number of aryl methyl sites for hydroxylation is 1. The molecular formula is C38H41N3O7S. The van der Waals surface area contributed by atoms with Crippen LogP contribution in [0.25, 0.3) is 0 Å². The molecule has 1 aliphatic carbocycles. The van der Waals surface area contributed by atoms with Crippen molar-refractivity contribution in [3.63, 3.8) is 0 Å². The van der Waals surface area contributed by atoms with Gasteiger partial charge in [-0.3, -0.25) is 9.59 Å². The van der Waals surface area contributed by atoms with E-state index in [1.165, 1.54) is 23.1 Å². The number of nitrogens with zero attached hydrogens (tertiary/aromatic N) is 1. The summed E-state index contributed by atoms with van der Waals surface area (Å²) in [5.41, 5.74) is 7.25. The Labute approximate surface area is 290 Å². The van der Waals surface area contributed by atoms with Crippen molar-refractivity contribution in [2.45, 2.75) is 59.7 Å². The second kappa shape index (κ2) is 16.3. The molecule has 1 aromatic heterocycles. The minimum Gasteiger partial charge on any atom is -0.493 e. The number of hydrogen-bond acceptors (Lipinski definition) is 9. The van der Waals surface area contributed by atoms with E-state index < -0.39 is 18.0 Å². The number of thiophene rings is 1. The Morgan fingerprint density at radius 3 is 2.51 bits per heavy atom. The van der Waals surface area contributed by atoms with Crippen molar-refractivity contribution in [2.24, 2.45) is 11.0 Å². The lowest BCUT2D eigenvalue weighted by Crippen LogP contribution is -2.33. The van der Waals surface area contributed by atoms with E-state index in [4.69, 9.17) is 18.9 Å². The molecule has 10 nitrogen and oxygen atoms in total. The molecule has 0 spiro atoms. The number of esters is 1. The van der Waals surface area contributed by atoms with E-state index in [9.17, 15) is 14.4 Å². The summed E-state index contributed by atoms with van der Waals surface area (Å²) in [6, 6.07) is 19.9. The van der Waals surface area contributed by atoms with Gasteiger partial charge in [-0.2, -0.15) is 5.10 Å². The van der Waals surface area contributed by atoms with Crippen molar-refractivity contribution in [3.8, 4) is 17.2 Å². The molecule has 0 fully saturated rings. The topological polar surface area (TPSA) is 125 Å². The van der Waals surface area contributed by atoms with E-state index in [1.54, 1.807) is 57.4 Å². The fourth-order valence-corrected chi connectivity index (χ4v) is 6.76. The molecular weight excluding hydrogens is 642 g/mol. The lowest BCUT2D eigenvalue weighted by molar-refractivity contribution is -0.127. The predicted octanol–water partition coefficient (Wildman–Crippen LogP) is 7.12. The van der Waals surface area contributed by atoms with Crippen molar-refractivity contribution in [1.29, 1.82) is 0 Å². The van der Waals surface area contributed by atoms with Gasteiger partial charge in [0.15, 0.2) is 17.6 Å². The number of carbonyl (C=O) groups excluding carboxylic acids is 3. The number of carbonyl (C=O) groups is 3. The summed E-state index contributed by atoms with van der Waals surface area (Å²) >= 11 is 1.44. The van der Waals surface area contributed by atoms with Crippen molar-refractivity contribution in [3.05, 3.63) is 105 Å². The van der Waals surface area contributed by atoms with Crippen molar-refractivity contribution in [2.75, 3.05) is 19.0 Å². The van der Waals surface area contributed by atoms with E-state index in [0.29, 0.717) is 51.5 Å². The van der Waals surface area contributed by atoms with E-state index in [1.807, 2.05) is 37.3 Å². The van der Waals surface area contributed by atoms with Crippen LogP contribution in [0.4, 0.5) is 5.00 Å². The van der Waals surface area contributed by atoms with Crippen LogP contribution in [0.15, 0.2) is 71.8 Å². The number of methoxy groups -OCH3 is 1. The zero-order valence-electron chi connectivity index (χ0n) is 28.3. The van der Waals surface area contributed by atoms with E-state index in [0.717, 1.165) is 35.3 Å². The quantitative estimate of drug-likeness (QED) is 0.0874. The Bertz CT molecular complexity index is 1820. The van der Waals surface area contributed by atoms with Crippen LogP contribution in [-0.2, 0) is 29.0 Å². The van der Waals surface area contributed by atoms with E-state index in [-0.39, 0.29) is 12.5 Å². The first kappa shape index (κ1) is 35.2. The van der Waals surface area contributed by atoms with Gasteiger partial charge >= 0.3 is 5.97 Å². The molecule has 3 aromatic carbocycles. The number of hydrazone groups is 1. The largest absolute Gasteiger partial charge is 0.493 e. The maximum Gasteiger partial charge on any atom is 0.341 e. The Balaban J connectivity index is 1.14. The van der Waals surface area contributed by atoms with Crippen LogP contribution in [0, 0.1) is 12.8 Å². The highest BCUT2D eigenvalue weighted by molar-refractivity contribution is 7.17. The van der Waals surface area contributed by atoms with Crippen molar-refractivity contribution >= 4 is 40.3 Å². The van der Waals surface area contributed by atoms with Gasteiger partial charge in [-0.15, -0.1) is 11.3 Å². The molecule has 0 unspecified atom stereocenters. The molecule has 0 bridgehead atoms. The minimum absolute atomic E-state index is 0.256. The zero-order valence-corrected chi connectivity index (χ0v) is 29.1. The van der Waals surface area contributed by atoms with Gasteiger partial charge in [0.05, 0.1) is 25.5 Å². The van der Waals surface area contributed by atoms with Crippen LogP contribution in [-0.4, -0.2) is 43.8 Å². The molecule has 0 saturated carbocycles. The first-order valence-corrected chi connectivity index (χ1v) is 17.1. The highest BCUT2D eigenvalue weighted by Crippen LogP contribution is 2.40. The second-order valence-electron chi connectivity index (χ2n) is 11.9. The van der Waals surface area contributed by atoms with E-state index in [2.05, 4.69) is 22.8 Å².